The summed E-state index contributed by atoms with van der Waals surface area (Å²) in [4.78, 5) is 4.74. The Labute approximate surface area is 158 Å². The third-order valence-corrected chi connectivity index (χ3v) is 5.88. The number of anilines is 1. The molecule has 0 amide bonds. The van der Waals surface area contributed by atoms with E-state index >= 15 is 0 Å². The van der Waals surface area contributed by atoms with Crippen LogP contribution in [0.15, 0.2) is 42.7 Å². The van der Waals surface area contributed by atoms with Crippen molar-refractivity contribution >= 4 is 11.5 Å². The number of hydrogen-bond donors (Lipinski definition) is 1. The Hall–Kier alpha value is -2.56. The van der Waals surface area contributed by atoms with Gasteiger partial charge in [0, 0.05) is 30.1 Å². The van der Waals surface area contributed by atoms with Gasteiger partial charge in [0.25, 0.3) is 0 Å². The Kier molecular flexibility index (Phi) is 4.23. The monoisotopic (exact) mass is 365 g/mol. The topological polar surface area (TPSA) is 38.6 Å². The molecule has 1 aliphatic carbocycles. The molecule has 1 unspecified atom stereocenters. The van der Waals surface area contributed by atoms with Crippen molar-refractivity contribution in [1.29, 1.82) is 0 Å². The van der Waals surface area contributed by atoms with Crippen LogP contribution in [0.4, 0.5) is 10.2 Å². The van der Waals surface area contributed by atoms with E-state index in [0.717, 1.165) is 48.6 Å². The Balaban J connectivity index is 1.62. The highest BCUT2D eigenvalue weighted by Crippen LogP contribution is 2.34. The van der Waals surface area contributed by atoms with E-state index < -0.39 is 0 Å². The number of benzene rings is 1. The van der Waals surface area contributed by atoms with Crippen LogP contribution in [-0.4, -0.2) is 22.0 Å². The van der Waals surface area contributed by atoms with E-state index in [-0.39, 0.29) is 11.9 Å². The van der Waals surface area contributed by atoms with E-state index in [9.17, 15) is 4.39 Å². The summed E-state index contributed by atoms with van der Waals surface area (Å²) >= 11 is 0. The van der Waals surface area contributed by atoms with Gasteiger partial charge in [0.05, 0.1) is 6.10 Å². The van der Waals surface area contributed by atoms with Crippen LogP contribution >= 0.6 is 0 Å². The van der Waals surface area contributed by atoms with Crippen molar-refractivity contribution in [1.82, 2.24) is 9.38 Å². The smallest absolute Gasteiger partial charge is 0.147 e. The first-order chi connectivity index (χ1) is 13.3. The Morgan fingerprint density at radius 1 is 1.04 bits per heavy atom. The van der Waals surface area contributed by atoms with Crippen LogP contribution in [-0.2, 0) is 0 Å². The first kappa shape index (κ1) is 16.6. The molecule has 3 heterocycles. The molecule has 5 rings (SSSR count). The van der Waals surface area contributed by atoms with E-state index in [1.807, 2.05) is 35.0 Å². The molecular formula is C22H24FN3O. The number of nitrogens with zero attached hydrogens (tertiary/aromatic N) is 2. The Morgan fingerprint density at radius 3 is 2.89 bits per heavy atom. The quantitative estimate of drug-likeness (QED) is 0.589. The molecule has 1 N–H and O–H groups in total. The maximum atomic E-state index is 14.7. The molecule has 1 fully saturated rings. The fourth-order valence-electron chi connectivity index (χ4n) is 4.45. The Bertz CT molecular complexity index is 967. The molecule has 140 valence electrons. The van der Waals surface area contributed by atoms with Crippen LogP contribution in [0.3, 0.4) is 0 Å². The molecule has 6 bridgehead atoms. The third kappa shape index (κ3) is 3.27. The zero-order valence-electron chi connectivity index (χ0n) is 15.3. The van der Waals surface area contributed by atoms with Gasteiger partial charge < -0.3 is 14.5 Å². The summed E-state index contributed by atoms with van der Waals surface area (Å²) in [6.45, 7) is 0.899. The first-order valence-electron chi connectivity index (χ1n) is 9.94. The highest BCUT2D eigenvalue weighted by atomic mass is 19.1. The molecular weight excluding hydrogens is 341 g/mol. The molecule has 1 aliphatic heterocycles. The van der Waals surface area contributed by atoms with Gasteiger partial charge in [-0.2, -0.15) is 0 Å². The second-order valence-corrected chi connectivity index (χ2v) is 7.76. The number of halogens is 1. The molecule has 0 radical (unpaired) electrons. The number of hydrogen-bond acceptors (Lipinski definition) is 3. The van der Waals surface area contributed by atoms with Gasteiger partial charge >= 0.3 is 0 Å². The van der Waals surface area contributed by atoms with E-state index in [1.165, 1.54) is 25.3 Å². The van der Waals surface area contributed by atoms with Gasteiger partial charge in [-0.25, -0.2) is 9.37 Å². The van der Waals surface area contributed by atoms with Crippen molar-refractivity contribution in [3.05, 3.63) is 48.5 Å². The first-order valence-corrected chi connectivity index (χ1v) is 9.94. The SMILES string of the molecule is Fc1ccc2cc1-c1ccn3ccc(nc13)NCCC1CCCC[C@H](C1)O2. The van der Waals surface area contributed by atoms with Crippen LogP contribution in [0.25, 0.3) is 16.8 Å². The minimum atomic E-state index is -0.249. The van der Waals surface area contributed by atoms with Crippen LogP contribution in [0, 0.1) is 11.7 Å². The third-order valence-electron chi connectivity index (χ3n) is 5.88. The lowest BCUT2D eigenvalue weighted by molar-refractivity contribution is 0.165. The summed E-state index contributed by atoms with van der Waals surface area (Å²) in [7, 11) is 0. The fraction of sp³-hybridized carbons (Fsp3) is 0.409. The lowest BCUT2D eigenvalue weighted by Gasteiger charge is -2.22. The molecule has 27 heavy (non-hydrogen) atoms. The van der Waals surface area contributed by atoms with Crippen molar-refractivity contribution in [2.24, 2.45) is 5.92 Å². The summed E-state index contributed by atoms with van der Waals surface area (Å²) in [6.07, 6.45) is 11.1. The predicted octanol–water partition coefficient (Wildman–Crippen LogP) is 5.28. The fourth-order valence-corrected chi connectivity index (χ4v) is 4.45. The lowest BCUT2D eigenvalue weighted by Crippen LogP contribution is -2.20. The summed E-state index contributed by atoms with van der Waals surface area (Å²) < 4.78 is 22.9. The molecule has 3 aromatic rings. The molecule has 4 nitrogen and oxygen atoms in total. The highest BCUT2D eigenvalue weighted by Gasteiger charge is 2.22. The standard InChI is InChI=1S/C22H24FN3O/c23-20-6-5-17-14-19(20)18-8-11-26-12-9-21(25-22(18)26)24-10-7-15-3-1-2-4-16(13-15)27-17/h5-6,8-9,11-12,14-16H,1-4,7,10,13H2,(H,24,25)/t15?,16-/m1/s1. The molecule has 0 spiro atoms. The summed E-state index contributed by atoms with van der Waals surface area (Å²) in [5.74, 6) is 2.00. The molecule has 0 saturated heterocycles. The summed E-state index contributed by atoms with van der Waals surface area (Å²) in [6, 6.07) is 8.99. The van der Waals surface area contributed by atoms with E-state index in [4.69, 9.17) is 9.72 Å². The van der Waals surface area contributed by atoms with Crippen LogP contribution < -0.4 is 10.1 Å². The molecule has 2 atom stereocenters. The van der Waals surface area contributed by atoms with Crippen molar-refractivity contribution < 1.29 is 9.13 Å². The molecule has 2 aliphatic rings. The number of aromatic nitrogens is 2. The van der Waals surface area contributed by atoms with Gasteiger partial charge in [0.15, 0.2) is 0 Å². The predicted molar refractivity (Wildman–Crippen MR) is 105 cm³/mol. The van der Waals surface area contributed by atoms with Gasteiger partial charge in [0.2, 0.25) is 0 Å². The zero-order chi connectivity index (χ0) is 18.2. The number of rotatable bonds is 0. The summed E-state index contributed by atoms with van der Waals surface area (Å²) in [5, 5.41) is 3.46. The maximum Gasteiger partial charge on any atom is 0.147 e. The van der Waals surface area contributed by atoms with Crippen LogP contribution in [0.5, 0.6) is 5.75 Å². The van der Waals surface area contributed by atoms with E-state index in [2.05, 4.69) is 5.32 Å². The van der Waals surface area contributed by atoms with Gasteiger partial charge in [-0.3, -0.25) is 0 Å². The van der Waals surface area contributed by atoms with Crippen LogP contribution in [0.2, 0.25) is 0 Å². The second-order valence-electron chi connectivity index (χ2n) is 7.76. The number of nitrogens with one attached hydrogen (secondary N) is 1. The van der Waals surface area contributed by atoms with E-state index in [1.54, 1.807) is 6.07 Å². The van der Waals surface area contributed by atoms with Gasteiger partial charge in [-0.15, -0.1) is 0 Å². The molecule has 5 heteroatoms. The van der Waals surface area contributed by atoms with Crippen LogP contribution in [0.1, 0.15) is 38.5 Å². The molecule has 2 aromatic heterocycles. The largest absolute Gasteiger partial charge is 0.490 e. The maximum absolute atomic E-state index is 14.7. The minimum absolute atomic E-state index is 0.212. The summed E-state index contributed by atoms with van der Waals surface area (Å²) in [5.41, 5.74) is 2.09. The highest BCUT2D eigenvalue weighted by molar-refractivity contribution is 5.80. The van der Waals surface area contributed by atoms with Gasteiger partial charge in [-0.05, 0) is 61.9 Å². The average Bonchev–Trinajstić information content (AvgIpc) is 2.95. The van der Waals surface area contributed by atoms with Crippen molar-refractivity contribution in [3.8, 4) is 16.9 Å². The van der Waals surface area contributed by atoms with Gasteiger partial charge in [0.1, 0.15) is 23.0 Å². The van der Waals surface area contributed by atoms with Crippen molar-refractivity contribution in [3.63, 3.8) is 0 Å². The van der Waals surface area contributed by atoms with E-state index in [0.29, 0.717) is 11.5 Å². The number of ether oxygens (including phenoxy) is 1. The average molecular weight is 365 g/mol. The Morgan fingerprint density at radius 2 is 1.93 bits per heavy atom. The molecule has 1 saturated carbocycles. The zero-order valence-corrected chi connectivity index (χ0v) is 15.3. The lowest BCUT2D eigenvalue weighted by atomic mass is 9.95. The normalized spacial score (nSPS) is 22.6. The van der Waals surface area contributed by atoms with Crippen molar-refractivity contribution in [2.75, 3.05) is 11.9 Å². The van der Waals surface area contributed by atoms with Gasteiger partial charge in [-0.1, -0.05) is 12.8 Å². The minimum Gasteiger partial charge on any atom is -0.490 e. The second kappa shape index (κ2) is 6.87. The van der Waals surface area contributed by atoms with Crippen molar-refractivity contribution in [2.45, 2.75) is 44.6 Å². The number of fused-ring (bicyclic) bond motifs is 6. The molecule has 1 aromatic carbocycles.